The van der Waals surface area contributed by atoms with Gasteiger partial charge in [0.05, 0.1) is 17.9 Å². The lowest BCUT2D eigenvalue weighted by Crippen LogP contribution is -2.20. The molecule has 2 aromatic heterocycles. The van der Waals surface area contributed by atoms with Crippen LogP contribution in [0.4, 0.5) is 5.69 Å². The number of carbonyl (C=O) groups is 2. The second-order valence-corrected chi connectivity index (χ2v) is 7.91. The van der Waals surface area contributed by atoms with Crippen molar-refractivity contribution in [2.45, 2.75) is 53.1 Å². The SMILES string of the molecule is CCOC(=O)c1cc(C)n(CC(=O)Nc2ccc(-c3cn4c(n3)CCCC4)cc2)c1C. The van der Waals surface area contributed by atoms with Crippen LogP contribution in [0.3, 0.4) is 0 Å². The summed E-state index contributed by atoms with van der Waals surface area (Å²) in [6, 6.07) is 9.51. The Labute approximate surface area is 182 Å². The maximum atomic E-state index is 12.6. The molecule has 0 aliphatic carbocycles. The van der Waals surface area contributed by atoms with E-state index in [-0.39, 0.29) is 18.4 Å². The number of benzene rings is 1. The maximum absolute atomic E-state index is 12.6. The molecule has 1 N–H and O–H groups in total. The molecule has 0 saturated heterocycles. The van der Waals surface area contributed by atoms with Gasteiger partial charge >= 0.3 is 5.97 Å². The van der Waals surface area contributed by atoms with Gasteiger partial charge in [0.25, 0.3) is 0 Å². The summed E-state index contributed by atoms with van der Waals surface area (Å²) in [5.41, 5.74) is 4.81. The van der Waals surface area contributed by atoms with Gasteiger partial charge in [-0.1, -0.05) is 12.1 Å². The maximum Gasteiger partial charge on any atom is 0.339 e. The smallest absolute Gasteiger partial charge is 0.339 e. The molecule has 0 atom stereocenters. The van der Waals surface area contributed by atoms with E-state index in [0.29, 0.717) is 12.2 Å². The molecule has 0 radical (unpaired) electrons. The zero-order chi connectivity index (χ0) is 22.0. The quantitative estimate of drug-likeness (QED) is 0.609. The number of hydrogen-bond acceptors (Lipinski definition) is 4. The lowest BCUT2D eigenvalue weighted by Gasteiger charge is -2.11. The highest BCUT2D eigenvalue weighted by molar-refractivity contribution is 5.93. The average Bonchev–Trinajstić information content (AvgIpc) is 3.31. The molecule has 3 aromatic rings. The van der Waals surface area contributed by atoms with Crippen molar-refractivity contribution in [3.8, 4) is 11.3 Å². The molecule has 1 aliphatic heterocycles. The lowest BCUT2D eigenvalue weighted by molar-refractivity contribution is -0.116. The number of nitrogens with one attached hydrogen (secondary N) is 1. The van der Waals surface area contributed by atoms with E-state index >= 15 is 0 Å². The van der Waals surface area contributed by atoms with E-state index in [0.717, 1.165) is 47.1 Å². The van der Waals surface area contributed by atoms with E-state index in [4.69, 9.17) is 9.72 Å². The van der Waals surface area contributed by atoms with Gasteiger partial charge in [0, 0.05) is 41.8 Å². The van der Waals surface area contributed by atoms with Crippen LogP contribution >= 0.6 is 0 Å². The molecule has 0 fully saturated rings. The third kappa shape index (κ3) is 4.40. The summed E-state index contributed by atoms with van der Waals surface area (Å²) in [6.45, 7) is 6.96. The third-order valence-electron chi connectivity index (χ3n) is 5.74. The second-order valence-electron chi connectivity index (χ2n) is 7.91. The molecule has 31 heavy (non-hydrogen) atoms. The summed E-state index contributed by atoms with van der Waals surface area (Å²) in [6.07, 6.45) is 5.55. The molecule has 0 bridgehead atoms. The molecule has 3 heterocycles. The number of aromatic nitrogens is 3. The Morgan fingerprint density at radius 3 is 2.65 bits per heavy atom. The fraction of sp³-hybridized carbons (Fsp3) is 0.375. The normalized spacial score (nSPS) is 13.0. The minimum Gasteiger partial charge on any atom is -0.462 e. The first kappa shape index (κ1) is 20.9. The number of amides is 1. The number of anilines is 1. The number of carbonyl (C=O) groups excluding carboxylic acids is 2. The van der Waals surface area contributed by atoms with Crippen molar-refractivity contribution >= 4 is 17.6 Å². The van der Waals surface area contributed by atoms with Gasteiger partial charge in [0.15, 0.2) is 0 Å². The zero-order valence-corrected chi connectivity index (χ0v) is 18.3. The lowest BCUT2D eigenvalue weighted by atomic mass is 10.1. The minimum absolute atomic E-state index is 0.132. The van der Waals surface area contributed by atoms with Crippen LogP contribution in [0.15, 0.2) is 36.5 Å². The van der Waals surface area contributed by atoms with Crippen LogP contribution < -0.4 is 5.32 Å². The second kappa shape index (κ2) is 8.79. The van der Waals surface area contributed by atoms with Crippen molar-refractivity contribution in [1.82, 2.24) is 14.1 Å². The molecule has 0 spiro atoms. The number of rotatable bonds is 6. The van der Waals surface area contributed by atoms with E-state index < -0.39 is 0 Å². The van der Waals surface area contributed by atoms with Gasteiger partial charge in [0.2, 0.25) is 5.91 Å². The molecule has 7 heteroatoms. The molecule has 1 amide bonds. The summed E-state index contributed by atoms with van der Waals surface area (Å²) in [7, 11) is 0. The van der Waals surface area contributed by atoms with Crippen LogP contribution in [0, 0.1) is 13.8 Å². The number of imidazole rings is 1. The molecule has 0 saturated carbocycles. The van der Waals surface area contributed by atoms with Crippen LogP contribution in [0.2, 0.25) is 0 Å². The Morgan fingerprint density at radius 1 is 1.16 bits per heavy atom. The van der Waals surface area contributed by atoms with Crippen molar-refractivity contribution in [2.24, 2.45) is 0 Å². The Kier molecular flexibility index (Phi) is 5.93. The summed E-state index contributed by atoms with van der Waals surface area (Å²) in [5.74, 6) is 0.638. The number of aryl methyl sites for hydroxylation is 3. The fourth-order valence-corrected chi connectivity index (χ4v) is 4.08. The number of esters is 1. The van der Waals surface area contributed by atoms with Crippen LogP contribution in [0.1, 0.15) is 47.3 Å². The monoisotopic (exact) mass is 420 g/mol. The van der Waals surface area contributed by atoms with Gasteiger partial charge in [-0.05, 0) is 51.8 Å². The highest BCUT2D eigenvalue weighted by atomic mass is 16.5. The molecule has 4 rings (SSSR count). The zero-order valence-electron chi connectivity index (χ0n) is 18.3. The topological polar surface area (TPSA) is 78.1 Å². The van der Waals surface area contributed by atoms with Gasteiger partial charge in [-0.25, -0.2) is 9.78 Å². The predicted molar refractivity (Wildman–Crippen MR) is 119 cm³/mol. The molecule has 0 unspecified atom stereocenters. The van der Waals surface area contributed by atoms with Gasteiger partial charge < -0.3 is 19.2 Å². The molecular formula is C24H28N4O3. The number of ether oxygens (including phenoxy) is 1. The van der Waals surface area contributed by atoms with Gasteiger partial charge in [-0.2, -0.15) is 0 Å². The molecule has 1 aromatic carbocycles. The minimum atomic E-state index is -0.362. The Bertz CT molecular complexity index is 1090. The highest BCUT2D eigenvalue weighted by Gasteiger charge is 2.18. The van der Waals surface area contributed by atoms with Crippen LogP contribution in [-0.4, -0.2) is 32.6 Å². The van der Waals surface area contributed by atoms with Gasteiger partial charge in [0.1, 0.15) is 12.4 Å². The van der Waals surface area contributed by atoms with Gasteiger partial charge in [-0.15, -0.1) is 0 Å². The Balaban J connectivity index is 1.42. The fourth-order valence-electron chi connectivity index (χ4n) is 4.08. The van der Waals surface area contributed by atoms with Crippen LogP contribution in [0.5, 0.6) is 0 Å². The van der Waals surface area contributed by atoms with Gasteiger partial charge in [-0.3, -0.25) is 4.79 Å². The summed E-state index contributed by atoms with van der Waals surface area (Å²) < 4.78 is 9.15. The first-order chi connectivity index (χ1) is 15.0. The van der Waals surface area contributed by atoms with E-state index in [1.54, 1.807) is 13.0 Å². The van der Waals surface area contributed by atoms with Crippen molar-refractivity contribution < 1.29 is 14.3 Å². The third-order valence-corrected chi connectivity index (χ3v) is 5.74. The van der Waals surface area contributed by atoms with E-state index in [1.165, 1.54) is 12.8 Å². The number of nitrogens with zero attached hydrogens (tertiary/aromatic N) is 3. The summed E-state index contributed by atoms with van der Waals surface area (Å²) in [5, 5.41) is 2.93. The Morgan fingerprint density at radius 2 is 1.94 bits per heavy atom. The summed E-state index contributed by atoms with van der Waals surface area (Å²) >= 11 is 0. The van der Waals surface area contributed by atoms with Crippen molar-refractivity contribution in [3.63, 3.8) is 0 Å². The molecular weight excluding hydrogens is 392 g/mol. The van der Waals surface area contributed by atoms with E-state index in [2.05, 4.69) is 16.1 Å². The van der Waals surface area contributed by atoms with Crippen molar-refractivity contribution in [3.05, 3.63) is 59.3 Å². The number of hydrogen-bond donors (Lipinski definition) is 1. The first-order valence-corrected chi connectivity index (χ1v) is 10.8. The van der Waals surface area contributed by atoms with Crippen molar-refractivity contribution in [1.29, 1.82) is 0 Å². The number of fused-ring (bicyclic) bond motifs is 1. The molecule has 1 aliphatic rings. The molecule has 7 nitrogen and oxygen atoms in total. The standard InChI is InChI=1S/C24H28N4O3/c1-4-31-24(30)20-13-16(2)28(17(20)3)15-23(29)25-19-10-8-18(9-11-19)21-14-27-12-6-5-7-22(27)26-21/h8-11,13-14H,4-7,12,15H2,1-3H3,(H,25,29). The van der Waals surface area contributed by atoms with E-state index in [9.17, 15) is 9.59 Å². The average molecular weight is 421 g/mol. The Hall–Kier alpha value is -3.35. The van der Waals surface area contributed by atoms with Crippen LogP contribution in [-0.2, 0) is 29.0 Å². The predicted octanol–water partition coefficient (Wildman–Crippen LogP) is 4.12. The summed E-state index contributed by atoms with van der Waals surface area (Å²) in [4.78, 5) is 29.4. The first-order valence-electron chi connectivity index (χ1n) is 10.8. The largest absolute Gasteiger partial charge is 0.462 e. The van der Waals surface area contributed by atoms with Crippen molar-refractivity contribution in [2.75, 3.05) is 11.9 Å². The van der Waals surface area contributed by atoms with E-state index in [1.807, 2.05) is 42.7 Å². The highest BCUT2D eigenvalue weighted by Crippen LogP contribution is 2.24. The molecule has 162 valence electrons. The van der Waals surface area contributed by atoms with Crippen LogP contribution in [0.25, 0.3) is 11.3 Å².